The molecule has 0 spiro atoms. The Morgan fingerprint density at radius 2 is 1.45 bits per heavy atom. The molecule has 33 heavy (non-hydrogen) atoms. The number of amides is 3. The van der Waals surface area contributed by atoms with E-state index < -0.39 is 29.8 Å². The fourth-order valence-corrected chi connectivity index (χ4v) is 3.63. The molecule has 1 aliphatic rings. The minimum absolute atomic E-state index is 0.0870. The van der Waals surface area contributed by atoms with Gasteiger partial charge in [0.15, 0.2) is 0 Å². The van der Waals surface area contributed by atoms with Crippen LogP contribution in [0.2, 0.25) is 0 Å². The molecule has 1 unspecified atom stereocenters. The van der Waals surface area contributed by atoms with Gasteiger partial charge in [0.25, 0.3) is 17.7 Å². The average molecular weight is 442 g/mol. The van der Waals surface area contributed by atoms with E-state index in [9.17, 15) is 19.2 Å². The Bertz CT molecular complexity index is 1220. The second-order valence-corrected chi connectivity index (χ2v) is 7.87. The first-order chi connectivity index (χ1) is 15.9. The van der Waals surface area contributed by atoms with Crippen LogP contribution >= 0.6 is 0 Å². The zero-order chi connectivity index (χ0) is 23.5. The molecular formula is C26H22N2O5. The summed E-state index contributed by atoms with van der Waals surface area (Å²) >= 11 is 0. The lowest BCUT2D eigenvalue weighted by Gasteiger charge is -2.21. The third-order valence-corrected chi connectivity index (χ3v) is 5.38. The van der Waals surface area contributed by atoms with E-state index in [0.717, 1.165) is 10.5 Å². The van der Waals surface area contributed by atoms with Gasteiger partial charge in [-0.2, -0.15) is 0 Å². The Labute approximate surface area is 191 Å². The molecule has 0 radical (unpaired) electrons. The van der Waals surface area contributed by atoms with Crippen LogP contribution < -0.4 is 0 Å². The third kappa shape index (κ3) is 4.39. The maximum absolute atomic E-state index is 12.9. The second kappa shape index (κ2) is 9.08. The van der Waals surface area contributed by atoms with E-state index in [-0.39, 0.29) is 23.2 Å². The van der Waals surface area contributed by atoms with Gasteiger partial charge < -0.3 is 9.64 Å². The largest absolute Gasteiger partial charge is 0.444 e. The van der Waals surface area contributed by atoms with Crippen molar-refractivity contribution in [2.45, 2.75) is 12.6 Å². The summed E-state index contributed by atoms with van der Waals surface area (Å²) in [6.07, 6.45) is -1.13. The predicted octanol–water partition coefficient (Wildman–Crippen LogP) is 3.47. The molecule has 3 aromatic carbocycles. The maximum atomic E-state index is 12.9. The molecule has 1 heterocycles. The number of carbonyl (C=O) groups is 4. The quantitative estimate of drug-likeness (QED) is 0.431. The van der Waals surface area contributed by atoms with Gasteiger partial charge in [-0.15, -0.1) is 0 Å². The fraction of sp³-hybridized carbons (Fsp3) is 0.154. The summed E-state index contributed by atoms with van der Waals surface area (Å²) in [5, 5.41) is 0. The Kier molecular flexibility index (Phi) is 6.04. The fourth-order valence-electron chi connectivity index (χ4n) is 3.63. The van der Waals surface area contributed by atoms with Crippen molar-refractivity contribution in [3.63, 3.8) is 0 Å². The van der Waals surface area contributed by atoms with E-state index in [2.05, 4.69) is 0 Å². The van der Waals surface area contributed by atoms with Crippen molar-refractivity contribution < 1.29 is 23.9 Å². The molecular weight excluding hydrogens is 420 g/mol. The third-order valence-electron chi connectivity index (χ3n) is 5.38. The first-order valence-electron chi connectivity index (χ1n) is 10.4. The van der Waals surface area contributed by atoms with Crippen molar-refractivity contribution in [2.75, 3.05) is 14.1 Å². The number of hydrogen-bond donors (Lipinski definition) is 0. The number of esters is 1. The summed E-state index contributed by atoms with van der Waals surface area (Å²) in [7, 11) is 3.15. The van der Waals surface area contributed by atoms with E-state index in [1.54, 1.807) is 44.4 Å². The van der Waals surface area contributed by atoms with E-state index >= 15 is 0 Å². The summed E-state index contributed by atoms with van der Waals surface area (Å²) in [6, 6.07) is 22.1. The topological polar surface area (TPSA) is 84.0 Å². The predicted molar refractivity (Wildman–Crippen MR) is 120 cm³/mol. The highest BCUT2D eigenvalue weighted by Gasteiger charge is 2.36. The number of benzene rings is 3. The highest BCUT2D eigenvalue weighted by molar-refractivity contribution is 6.21. The average Bonchev–Trinajstić information content (AvgIpc) is 3.07. The normalized spacial score (nSPS) is 13.5. The second-order valence-electron chi connectivity index (χ2n) is 7.87. The monoisotopic (exact) mass is 442 g/mol. The summed E-state index contributed by atoms with van der Waals surface area (Å²) < 4.78 is 5.55. The van der Waals surface area contributed by atoms with Crippen LogP contribution in [-0.4, -0.2) is 47.6 Å². The molecule has 1 atom stereocenters. The zero-order valence-corrected chi connectivity index (χ0v) is 18.2. The number of imide groups is 1. The number of likely N-dealkylation sites (N-methyl/N-ethyl adjacent to an activating group) is 1. The highest BCUT2D eigenvalue weighted by atomic mass is 16.5. The number of carbonyl (C=O) groups excluding carboxylic acids is 4. The Morgan fingerprint density at radius 1 is 0.848 bits per heavy atom. The van der Waals surface area contributed by atoms with E-state index in [4.69, 9.17) is 4.74 Å². The number of fused-ring (bicyclic) bond motifs is 1. The summed E-state index contributed by atoms with van der Waals surface area (Å²) in [5.74, 6) is -2.04. The molecule has 3 aromatic rings. The minimum Gasteiger partial charge on any atom is -0.444 e. The smallest absolute Gasteiger partial charge is 0.339 e. The molecule has 0 bridgehead atoms. The van der Waals surface area contributed by atoms with Crippen LogP contribution in [0.25, 0.3) is 0 Å². The molecule has 3 amide bonds. The molecule has 7 nitrogen and oxygen atoms in total. The number of nitrogens with zero attached hydrogens (tertiary/aromatic N) is 2. The van der Waals surface area contributed by atoms with Crippen molar-refractivity contribution in [3.05, 3.63) is 107 Å². The molecule has 0 aliphatic carbocycles. The lowest BCUT2D eigenvalue weighted by molar-refractivity contribution is -0.138. The Morgan fingerprint density at radius 3 is 2.09 bits per heavy atom. The van der Waals surface area contributed by atoms with Crippen LogP contribution in [0.4, 0.5) is 0 Å². The van der Waals surface area contributed by atoms with Gasteiger partial charge in [0.05, 0.1) is 23.2 Å². The van der Waals surface area contributed by atoms with Crippen molar-refractivity contribution in [1.29, 1.82) is 0 Å². The van der Waals surface area contributed by atoms with Gasteiger partial charge in [0, 0.05) is 19.7 Å². The van der Waals surface area contributed by atoms with Gasteiger partial charge in [-0.25, -0.2) is 4.79 Å². The molecule has 0 aromatic heterocycles. The molecule has 0 saturated heterocycles. The first-order valence-corrected chi connectivity index (χ1v) is 10.4. The zero-order valence-electron chi connectivity index (χ0n) is 18.2. The first kappa shape index (κ1) is 22.0. The van der Waals surface area contributed by atoms with Crippen LogP contribution in [0.15, 0.2) is 78.9 Å². The molecule has 4 rings (SSSR count). The van der Waals surface area contributed by atoms with Crippen LogP contribution in [0.5, 0.6) is 0 Å². The summed E-state index contributed by atoms with van der Waals surface area (Å²) in [6.45, 7) is 0.139. The van der Waals surface area contributed by atoms with Crippen LogP contribution in [-0.2, 0) is 16.1 Å². The molecule has 0 saturated carbocycles. The standard InChI is InChI=1S/C26H22N2O5/c1-27(2)25(31)22(18-11-7-4-8-12-18)33-26(32)19-13-14-20-21(15-19)24(30)28(23(20)29)16-17-9-5-3-6-10-17/h3-15,22H,16H2,1-2H3. The van der Waals surface area contributed by atoms with Gasteiger partial charge in [-0.1, -0.05) is 60.7 Å². The van der Waals surface area contributed by atoms with Crippen LogP contribution in [0, 0.1) is 0 Å². The SMILES string of the molecule is CN(C)C(=O)C(OC(=O)c1ccc2c(c1)C(=O)N(Cc1ccccc1)C2=O)c1ccccc1. The highest BCUT2D eigenvalue weighted by Crippen LogP contribution is 2.27. The maximum Gasteiger partial charge on any atom is 0.339 e. The van der Waals surface area contributed by atoms with Crippen molar-refractivity contribution in [3.8, 4) is 0 Å². The minimum atomic E-state index is -1.13. The molecule has 7 heteroatoms. The van der Waals surface area contributed by atoms with E-state index in [1.165, 1.54) is 23.1 Å². The molecule has 166 valence electrons. The van der Waals surface area contributed by atoms with Gasteiger partial charge in [0.2, 0.25) is 6.10 Å². The Balaban J connectivity index is 1.58. The molecule has 0 N–H and O–H groups in total. The van der Waals surface area contributed by atoms with Crippen molar-refractivity contribution in [2.24, 2.45) is 0 Å². The van der Waals surface area contributed by atoms with Gasteiger partial charge in [0.1, 0.15) is 0 Å². The van der Waals surface area contributed by atoms with Gasteiger partial charge in [-0.05, 0) is 23.8 Å². The summed E-state index contributed by atoms with van der Waals surface area (Å²) in [5.41, 5.74) is 1.81. The van der Waals surface area contributed by atoms with Crippen LogP contribution in [0.1, 0.15) is 48.3 Å². The Hall–Kier alpha value is -4.26. The van der Waals surface area contributed by atoms with Gasteiger partial charge >= 0.3 is 5.97 Å². The van der Waals surface area contributed by atoms with Crippen LogP contribution in [0.3, 0.4) is 0 Å². The lowest BCUT2D eigenvalue weighted by atomic mass is 10.1. The summed E-state index contributed by atoms with van der Waals surface area (Å²) in [4.78, 5) is 53.7. The van der Waals surface area contributed by atoms with E-state index in [1.807, 2.05) is 30.3 Å². The lowest BCUT2D eigenvalue weighted by Crippen LogP contribution is -2.31. The number of ether oxygens (including phenoxy) is 1. The van der Waals surface area contributed by atoms with Crippen molar-refractivity contribution >= 4 is 23.7 Å². The van der Waals surface area contributed by atoms with Gasteiger partial charge in [-0.3, -0.25) is 19.3 Å². The molecule has 0 fully saturated rings. The number of hydrogen-bond acceptors (Lipinski definition) is 5. The van der Waals surface area contributed by atoms with Crippen molar-refractivity contribution in [1.82, 2.24) is 9.80 Å². The number of rotatable bonds is 6. The van der Waals surface area contributed by atoms with E-state index in [0.29, 0.717) is 5.56 Å². The molecule has 1 aliphatic heterocycles.